The topological polar surface area (TPSA) is 23.5 Å². The Morgan fingerprint density at radius 2 is 1.95 bits per heavy atom. The number of aliphatic hydroxyl groups is 1. The van der Waals surface area contributed by atoms with Crippen molar-refractivity contribution in [2.75, 3.05) is 13.2 Å². The van der Waals surface area contributed by atoms with Gasteiger partial charge in [-0.1, -0.05) is 31.8 Å². The molecular formula is C18H26FNO. The van der Waals surface area contributed by atoms with Gasteiger partial charge < -0.3 is 5.11 Å². The van der Waals surface area contributed by atoms with Crippen LogP contribution in [-0.4, -0.2) is 29.2 Å². The van der Waals surface area contributed by atoms with Gasteiger partial charge in [-0.3, -0.25) is 4.90 Å². The molecule has 0 atom stereocenters. The zero-order valence-electron chi connectivity index (χ0n) is 13.5. The van der Waals surface area contributed by atoms with E-state index >= 15 is 0 Å². The summed E-state index contributed by atoms with van der Waals surface area (Å²) in [5.41, 5.74) is 1.36. The number of aliphatic hydroxyl groups excluding tert-OH is 1. The van der Waals surface area contributed by atoms with Crippen LogP contribution in [0.3, 0.4) is 0 Å². The van der Waals surface area contributed by atoms with Crippen molar-refractivity contribution in [3.05, 3.63) is 35.1 Å². The van der Waals surface area contributed by atoms with E-state index in [0.717, 1.165) is 6.54 Å². The standard InChI is InChI=1S/C18H26FNO/c1-14(2)12-20(15(3)4)13-17-9-8-16(11-18(17)19)7-5-6-10-21/h8-9,11,14-15,21H,6,10,12-13H2,1-4H3. The van der Waals surface area contributed by atoms with Crippen LogP contribution in [0.5, 0.6) is 0 Å². The first-order valence-corrected chi connectivity index (χ1v) is 7.56. The lowest BCUT2D eigenvalue weighted by Crippen LogP contribution is -2.33. The molecule has 0 radical (unpaired) electrons. The van der Waals surface area contributed by atoms with E-state index in [1.165, 1.54) is 6.07 Å². The third kappa shape index (κ3) is 6.29. The van der Waals surface area contributed by atoms with Crippen LogP contribution in [0.25, 0.3) is 0 Å². The third-order valence-corrected chi connectivity index (χ3v) is 3.23. The van der Waals surface area contributed by atoms with Gasteiger partial charge in [-0.05, 0) is 31.9 Å². The maximum absolute atomic E-state index is 14.2. The quantitative estimate of drug-likeness (QED) is 0.812. The zero-order chi connectivity index (χ0) is 15.8. The maximum Gasteiger partial charge on any atom is 0.128 e. The monoisotopic (exact) mass is 291 g/mol. The molecule has 0 saturated carbocycles. The van der Waals surface area contributed by atoms with Gasteiger partial charge >= 0.3 is 0 Å². The third-order valence-electron chi connectivity index (χ3n) is 3.23. The van der Waals surface area contributed by atoms with Crippen molar-refractivity contribution in [1.29, 1.82) is 0 Å². The summed E-state index contributed by atoms with van der Waals surface area (Å²) in [6, 6.07) is 5.52. The Morgan fingerprint density at radius 3 is 2.48 bits per heavy atom. The number of hydrogen-bond acceptors (Lipinski definition) is 2. The summed E-state index contributed by atoms with van der Waals surface area (Å²) in [5, 5.41) is 8.68. The van der Waals surface area contributed by atoms with Crippen LogP contribution < -0.4 is 0 Å². The Balaban J connectivity index is 2.82. The van der Waals surface area contributed by atoms with Gasteiger partial charge in [-0.25, -0.2) is 4.39 Å². The number of halogens is 1. The number of rotatable bonds is 6. The lowest BCUT2D eigenvalue weighted by Gasteiger charge is -2.28. The molecule has 1 aromatic carbocycles. The second-order valence-electron chi connectivity index (χ2n) is 6.00. The number of hydrogen-bond donors (Lipinski definition) is 1. The summed E-state index contributed by atoms with van der Waals surface area (Å²) in [6.07, 6.45) is 0.416. The van der Waals surface area contributed by atoms with Crippen molar-refractivity contribution in [3.63, 3.8) is 0 Å². The van der Waals surface area contributed by atoms with Crippen molar-refractivity contribution < 1.29 is 9.50 Å². The summed E-state index contributed by atoms with van der Waals surface area (Å²) in [6.45, 7) is 10.2. The minimum Gasteiger partial charge on any atom is -0.395 e. The van der Waals surface area contributed by atoms with E-state index in [0.29, 0.717) is 36.1 Å². The minimum absolute atomic E-state index is 0.0338. The lowest BCUT2D eigenvalue weighted by atomic mass is 10.1. The van der Waals surface area contributed by atoms with Crippen LogP contribution in [0, 0.1) is 23.6 Å². The smallest absolute Gasteiger partial charge is 0.128 e. The largest absolute Gasteiger partial charge is 0.395 e. The molecule has 2 nitrogen and oxygen atoms in total. The molecule has 1 rings (SSSR count). The fourth-order valence-corrected chi connectivity index (χ4v) is 2.12. The zero-order valence-corrected chi connectivity index (χ0v) is 13.5. The van der Waals surface area contributed by atoms with E-state index in [-0.39, 0.29) is 12.4 Å². The summed E-state index contributed by atoms with van der Waals surface area (Å²) >= 11 is 0. The first-order chi connectivity index (χ1) is 9.93. The summed E-state index contributed by atoms with van der Waals surface area (Å²) in [7, 11) is 0. The van der Waals surface area contributed by atoms with Gasteiger partial charge in [0.2, 0.25) is 0 Å². The van der Waals surface area contributed by atoms with Crippen molar-refractivity contribution in [1.82, 2.24) is 4.90 Å². The molecule has 3 heteroatoms. The van der Waals surface area contributed by atoms with Gasteiger partial charge in [0.15, 0.2) is 0 Å². The van der Waals surface area contributed by atoms with Gasteiger partial charge in [0.1, 0.15) is 5.82 Å². The fraction of sp³-hybridized carbons (Fsp3) is 0.556. The molecule has 0 bridgehead atoms. The molecule has 0 aromatic heterocycles. The van der Waals surface area contributed by atoms with Crippen LogP contribution in [0.4, 0.5) is 4.39 Å². The second kappa shape index (κ2) is 8.81. The molecule has 0 aliphatic carbocycles. The maximum atomic E-state index is 14.2. The molecule has 1 aromatic rings. The molecule has 1 N–H and O–H groups in total. The molecule has 0 aliphatic heterocycles. The summed E-state index contributed by atoms with van der Waals surface area (Å²) in [5.74, 6) is 6.01. The fourth-order valence-electron chi connectivity index (χ4n) is 2.12. The average Bonchev–Trinajstić information content (AvgIpc) is 2.40. The minimum atomic E-state index is -0.208. The van der Waals surface area contributed by atoms with Crippen LogP contribution in [0.1, 0.15) is 45.2 Å². The van der Waals surface area contributed by atoms with Crippen molar-refractivity contribution in [2.24, 2.45) is 5.92 Å². The lowest BCUT2D eigenvalue weighted by molar-refractivity contribution is 0.187. The van der Waals surface area contributed by atoms with Gasteiger partial charge in [0, 0.05) is 36.7 Å². The summed E-state index contributed by atoms with van der Waals surface area (Å²) < 4.78 is 14.2. The second-order valence-corrected chi connectivity index (χ2v) is 6.00. The van der Waals surface area contributed by atoms with Gasteiger partial charge in [-0.15, -0.1) is 0 Å². The van der Waals surface area contributed by atoms with E-state index in [4.69, 9.17) is 5.11 Å². The van der Waals surface area contributed by atoms with E-state index in [2.05, 4.69) is 44.4 Å². The van der Waals surface area contributed by atoms with E-state index < -0.39 is 0 Å². The van der Waals surface area contributed by atoms with Crippen LogP contribution in [0.2, 0.25) is 0 Å². The number of nitrogens with zero attached hydrogens (tertiary/aromatic N) is 1. The molecule has 0 heterocycles. The Labute approximate surface area is 128 Å². The molecule has 0 unspecified atom stereocenters. The average molecular weight is 291 g/mol. The van der Waals surface area contributed by atoms with Gasteiger partial charge in [-0.2, -0.15) is 0 Å². The molecule has 21 heavy (non-hydrogen) atoms. The van der Waals surface area contributed by atoms with Crippen molar-refractivity contribution >= 4 is 0 Å². The Hall–Kier alpha value is -1.37. The first-order valence-electron chi connectivity index (χ1n) is 7.56. The molecule has 0 fully saturated rings. The van der Waals surface area contributed by atoms with Crippen molar-refractivity contribution in [3.8, 4) is 11.8 Å². The van der Waals surface area contributed by atoms with E-state index in [1.807, 2.05) is 12.1 Å². The molecule has 0 spiro atoms. The predicted molar refractivity (Wildman–Crippen MR) is 85.4 cm³/mol. The highest BCUT2D eigenvalue weighted by molar-refractivity contribution is 5.37. The van der Waals surface area contributed by atoms with Crippen molar-refractivity contribution in [2.45, 2.75) is 46.7 Å². The Kier molecular flexibility index (Phi) is 7.42. The van der Waals surface area contributed by atoms with E-state index in [9.17, 15) is 4.39 Å². The molecule has 0 aliphatic rings. The molecule has 0 amide bonds. The van der Waals surface area contributed by atoms with Gasteiger partial charge in [0.05, 0.1) is 6.61 Å². The first kappa shape index (κ1) is 17.7. The highest BCUT2D eigenvalue weighted by Crippen LogP contribution is 2.15. The van der Waals surface area contributed by atoms with E-state index in [1.54, 1.807) is 0 Å². The normalized spacial score (nSPS) is 11.1. The SMILES string of the molecule is CC(C)CN(Cc1ccc(C#CCCO)cc1F)C(C)C. The number of benzene rings is 1. The molecular weight excluding hydrogens is 265 g/mol. The Morgan fingerprint density at radius 1 is 1.24 bits per heavy atom. The van der Waals surface area contributed by atoms with Gasteiger partial charge in [0.25, 0.3) is 0 Å². The molecule has 116 valence electrons. The highest BCUT2D eigenvalue weighted by atomic mass is 19.1. The summed E-state index contributed by atoms with van der Waals surface area (Å²) in [4.78, 5) is 2.28. The highest BCUT2D eigenvalue weighted by Gasteiger charge is 2.14. The van der Waals surface area contributed by atoms with Crippen LogP contribution in [-0.2, 0) is 6.54 Å². The molecule has 0 saturated heterocycles. The Bertz CT molecular complexity index is 500. The van der Waals surface area contributed by atoms with Crippen LogP contribution >= 0.6 is 0 Å². The van der Waals surface area contributed by atoms with Crippen LogP contribution in [0.15, 0.2) is 18.2 Å². The predicted octanol–water partition coefficient (Wildman–Crippen LogP) is 3.43.